The molecule has 0 bridgehead atoms. The number of aliphatic hydroxyl groups excluding tert-OH is 1. The summed E-state index contributed by atoms with van der Waals surface area (Å²) < 4.78 is 40.0. The molecule has 17 heteroatoms. The van der Waals surface area contributed by atoms with Crippen LogP contribution in [-0.2, 0) is 21.5 Å². The number of nitrogens with two attached hydrogens (primary N) is 3. The molecule has 0 saturated carbocycles. The van der Waals surface area contributed by atoms with Gasteiger partial charge in [-0.2, -0.15) is 8.42 Å². The SMILES string of the molecule is CC1(O)C(NC(=O)C(=N)c2csc(N)n2)C(Cc2cc(N=C(N)N)ccc2OCCO)N1S(=O)(=O)O. The molecule has 15 nitrogen and oxygen atoms in total. The van der Waals surface area contributed by atoms with Gasteiger partial charge in [-0.15, -0.1) is 15.6 Å². The standard InChI is InChI=1S/C19H26N8O7S2/c1-19(30)15(26-16(29)14(20)11-8-35-18(23)25-11)12(27(19)36(31,32)33)7-9-6-10(24-17(21)22)2-3-13(9)34-5-4-28/h2-3,6,8,12,15,20,28,30H,4-5,7H2,1H3,(H2,23,25)(H,26,29)(H4,21,22,24)(H,31,32,33). The Labute approximate surface area is 210 Å². The zero-order chi connectivity index (χ0) is 26.8. The third-order valence-electron chi connectivity index (χ3n) is 5.34. The van der Waals surface area contributed by atoms with Crippen LogP contribution in [0.25, 0.3) is 0 Å². The summed E-state index contributed by atoms with van der Waals surface area (Å²) in [5, 5.41) is 32.0. The molecule has 2 heterocycles. The zero-order valence-electron chi connectivity index (χ0n) is 19.0. The maximum absolute atomic E-state index is 12.7. The second-order valence-corrected chi connectivity index (χ2v) is 10.1. The Kier molecular flexibility index (Phi) is 7.82. The number of nitrogens with zero attached hydrogens (tertiary/aromatic N) is 3. The number of carbonyl (C=O) groups is 1. The van der Waals surface area contributed by atoms with E-state index in [1.807, 2.05) is 0 Å². The molecular weight excluding hydrogens is 516 g/mol. The van der Waals surface area contributed by atoms with E-state index in [1.54, 1.807) is 0 Å². The van der Waals surface area contributed by atoms with Gasteiger partial charge in [-0.3, -0.25) is 14.8 Å². The van der Waals surface area contributed by atoms with E-state index in [4.69, 9.17) is 32.5 Å². The summed E-state index contributed by atoms with van der Waals surface area (Å²) in [7, 11) is -4.94. The van der Waals surface area contributed by atoms with Gasteiger partial charge in [0.15, 0.2) is 16.8 Å². The predicted molar refractivity (Wildman–Crippen MR) is 131 cm³/mol. The lowest BCUT2D eigenvalue weighted by molar-refractivity contribution is -0.186. The summed E-state index contributed by atoms with van der Waals surface area (Å²) >= 11 is 1.02. The van der Waals surface area contributed by atoms with Gasteiger partial charge >= 0.3 is 10.3 Å². The maximum atomic E-state index is 12.7. The van der Waals surface area contributed by atoms with Crippen LogP contribution in [0.1, 0.15) is 18.2 Å². The highest BCUT2D eigenvalue weighted by atomic mass is 32.2. The number of benzene rings is 1. The second-order valence-electron chi connectivity index (χ2n) is 7.94. The van der Waals surface area contributed by atoms with Gasteiger partial charge in [0, 0.05) is 5.38 Å². The smallest absolute Gasteiger partial charge is 0.338 e. The number of thiazole rings is 1. The van der Waals surface area contributed by atoms with Gasteiger partial charge in [0.25, 0.3) is 5.91 Å². The van der Waals surface area contributed by atoms with Crippen molar-refractivity contribution in [2.45, 2.75) is 31.2 Å². The van der Waals surface area contributed by atoms with E-state index in [2.05, 4.69) is 15.3 Å². The van der Waals surface area contributed by atoms with Crippen molar-refractivity contribution in [1.29, 1.82) is 5.41 Å². The molecule has 1 aromatic carbocycles. The minimum atomic E-state index is -4.94. The van der Waals surface area contributed by atoms with Crippen LogP contribution in [0.15, 0.2) is 28.6 Å². The molecule has 11 N–H and O–H groups in total. The molecule has 1 aliphatic rings. The average Bonchev–Trinajstić information content (AvgIpc) is 3.20. The maximum Gasteiger partial charge on any atom is 0.338 e. The number of rotatable bonds is 10. The molecule has 3 rings (SSSR count). The summed E-state index contributed by atoms with van der Waals surface area (Å²) in [5.74, 6) is -0.935. The molecule has 1 saturated heterocycles. The van der Waals surface area contributed by atoms with Gasteiger partial charge in [-0.05, 0) is 37.1 Å². The Morgan fingerprint density at radius 1 is 1.42 bits per heavy atom. The van der Waals surface area contributed by atoms with Crippen LogP contribution in [0.5, 0.6) is 5.75 Å². The quantitative estimate of drug-likeness (QED) is 0.0951. The number of aliphatic hydroxyl groups is 2. The first-order valence-corrected chi connectivity index (χ1v) is 12.6. The molecule has 2 aromatic rings. The highest BCUT2D eigenvalue weighted by Crippen LogP contribution is 2.40. The average molecular weight is 543 g/mol. The van der Waals surface area contributed by atoms with E-state index < -0.39 is 39.7 Å². The number of hydrogen-bond donors (Lipinski definition) is 8. The van der Waals surface area contributed by atoms with E-state index in [0.29, 0.717) is 15.6 Å². The number of nitrogens with one attached hydrogen (secondary N) is 2. The summed E-state index contributed by atoms with van der Waals surface area (Å²) in [4.78, 5) is 20.5. The number of carbonyl (C=O) groups excluding carboxylic acids is 1. The van der Waals surface area contributed by atoms with E-state index >= 15 is 0 Å². The van der Waals surface area contributed by atoms with Crippen LogP contribution < -0.4 is 27.3 Å². The van der Waals surface area contributed by atoms with Crippen molar-refractivity contribution in [3.05, 3.63) is 34.8 Å². The van der Waals surface area contributed by atoms with E-state index in [1.165, 1.54) is 23.6 Å². The van der Waals surface area contributed by atoms with Gasteiger partial charge in [-0.25, -0.2) is 9.98 Å². The monoisotopic (exact) mass is 542 g/mol. The fourth-order valence-corrected chi connectivity index (χ4v) is 5.60. The summed E-state index contributed by atoms with van der Waals surface area (Å²) in [5.41, 5.74) is 14.3. The van der Waals surface area contributed by atoms with Gasteiger partial charge in [0.1, 0.15) is 23.8 Å². The Hall–Kier alpha value is -3.35. The third kappa shape index (κ3) is 5.72. The van der Waals surface area contributed by atoms with Crippen LogP contribution in [0.3, 0.4) is 0 Å². The molecule has 3 atom stereocenters. The minimum Gasteiger partial charge on any atom is -0.491 e. The zero-order valence-corrected chi connectivity index (χ0v) is 20.6. The molecule has 3 unspecified atom stereocenters. The number of aromatic nitrogens is 1. The Bertz CT molecular complexity index is 1290. The van der Waals surface area contributed by atoms with Crippen LogP contribution in [0.4, 0.5) is 10.8 Å². The van der Waals surface area contributed by atoms with Crippen molar-refractivity contribution in [3.63, 3.8) is 0 Å². The fourth-order valence-electron chi connectivity index (χ4n) is 3.93. The first kappa shape index (κ1) is 27.2. The normalized spacial score (nSPS) is 21.9. The summed E-state index contributed by atoms with van der Waals surface area (Å²) in [6, 6.07) is 2.03. The van der Waals surface area contributed by atoms with Gasteiger partial charge in [-0.1, -0.05) is 0 Å². The lowest BCUT2D eigenvalue weighted by Gasteiger charge is -2.56. The van der Waals surface area contributed by atoms with Crippen molar-refractivity contribution in [2.24, 2.45) is 16.5 Å². The lowest BCUT2D eigenvalue weighted by Crippen LogP contribution is -2.81. The number of anilines is 1. The Balaban J connectivity index is 1.96. The minimum absolute atomic E-state index is 0.00165. The highest BCUT2D eigenvalue weighted by molar-refractivity contribution is 7.83. The fraction of sp³-hybridized carbons (Fsp3) is 0.368. The number of aliphatic imine (C=N–C) groups is 1. The van der Waals surface area contributed by atoms with Gasteiger partial charge < -0.3 is 37.5 Å². The molecule has 1 amide bonds. The van der Waals surface area contributed by atoms with Crippen molar-refractivity contribution in [1.82, 2.24) is 14.6 Å². The largest absolute Gasteiger partial charge is 0.491 e. The highest BCUT2D eigenvalue weighted by Gasteiger charge is 2.62. The van der Waals surface area contributed by atoms with E-state index in [0.717, 1.165) is 18.3 Å². The molecule has 36 heavy (non-hydrogen) atoms. The van der Waals surface area contributed by atoms with Gasteiger partial charge in [0.05, 0.1) is 24.4 Å². The van der Waals surface area contributed by atoms with E-state index in [9.17, 15) is 22.9 Å². The predicted octanol–water partition coefficient (Wildman–Crippen LogP) is -1.71. The second kappa shape index (κ2) is 10.3. The molecule has 1 fully saturated rings. The summed E-state index contributed by atoms with van der Waals surface area (Å²) in [6.45, 7) is 0.713. The van der Waals surface area contributed by atoms with Gasteiger partial charge in [0.2, 0.25) is 0 Å². The molecule has 1 aromatic heterocycles. The Morgan fingerprint density at radius 2 is 2.11 bits per heavy atom. The number of guanidine groups is 1. The third-order valence-corrected chi connectivity index (χ3v) is 7.15. The lowest BCUT2D eigenvalue weighted by atomic mass is 9.82. The topological polar surface area (TPSA) is 264 Å². The Morgan fingerprint density at radius 3 is 2.67 bits per heavy atom. The molecule has 1 aliphatic heterocycles. The molecule has 0 aliphatic carbocycles. The summed E-state index contributed by atoms with van der Waals surface area (Å²) in [6.07, 6.45) is -0.188. The number of amides is 1. The molecule has 0 spiro atoms. The number of hydrogen-bond acceptors (Lipinski definition) is 11. The molecule has 0 radical (unpaired) electrons. The van der Waals surface area contributed by atoms with Crippen LogP contribution >= 0.6 is 11.3 Å². The van der Waals surface area contributed by atoms with Crippen molar-refractivity contribution >= 4 is 50.0 Å². The van der Waals surface area contributed by atoms with E-state index in [-0.39, 0.29) is 42.2 Å². The number of nitrogen functional groups attached to an aromatic ring is 1. The van der Waals surface area contributed by atoms with Crippen LogP contribution in [0, 0.1) is 5.41 Å². The van der Waals surface area contributed by atoms with Crippen LogP contribution in [0.2, 0.25) is 0 Å². The van der Waals surface area contributed by atoms with Crippen molar-refractivity contribution in [2.75, 3.05) is 18.9 Å². The molecule has 196 valence electrons. The number of ether oxygens (including phenoxy) is 1. The first-order valence-electron chi connectivity index (χ1n) is 10.3. The van der Waals surface area contributed by atoms with Crippen molar-refractivity contribution < 1.29 is 32.7 Å². The molecular formula is C19H26N8O7S2. The van der Waals surface area contributed by atoms with Crippen LogP contribution in [-0.4, -0.2) is 81.1 Å². The van der Waals surface area contributed by atoms with Crippen molar-refractivity contribution in [3.8, 4) is 5.75 Å². The first-order chi connectivity index (χ1) is 16.8.